The maximum atomic E-state index is 12.1. The first kappa shape index (κ1) is 14.5. The summed E-state index contributed by atoms with van der Waals surface area (Å²) in [6.45, 7) is 2.91. The van der Waals surface area contributed by atoms with Crippen molar-refractivity contribution in [3.05, 3.63) is 23.8 Å². The first-order chi connectivity index (χ1) is 9.22. The molecule has 0 aliphatic carbocycles. The fourth-order valence-electron chi connectivity index (χ4n) is 1.91. The van der Waals surface area contributed by atoms with Gasteiger partial charge in [-0.3, -0.25) is 9.59 Å². The summed E-state index contributed by atoms with van der Waals surface area (Å²) in [5.74, 6) is -1.89. The van der Waals surface area contributed by atoms with Crippen LogP contribution in [0.4, 0.5) is 5.69 Å². The van der Waals surface area contributed by atoms with Crippen LogP contribution in [0.5, 0.6) is 0 Å². The number of hydrogen-bond acceptors (Lipinski definition) is 4. The van der Waals surface area contributed by atoms with Crippen molar-refractivity contribution in [2.75, 3.05) is 5.32 Å². The van der Waals surface area contributed by atoms with Gasteiger partial charge in [-0.05, 0) is 37.6 Å². The lowest BCUT2D eigenvalue weighted by molar-refractivity contribution is -0.138. The number of carbonyl (C=O) groups excluding carboxylic acids is 1. The molecule has 1 aliphatic heterocycles. The number of amides is 1. The van der Waals surface area contributed by atoms with E-state index in [1.807, 2.05) is 0 Å². The van der Waals surface area contributed by atoms with Gasteiger partial charge in [0.05, 0.1) is 10.8 Å². The fourth-order valence-corrected chi connectivity index (χ4v) is 3.15. The number of carboxylic acids is 1. The third kappa shape index (κ3) is 2.52. The second-order valence-electron chi connectivity index (χ2n) is 4.64. The zero-order valence-electron chi connectivity index (χ0n) is 10.9. The molecule has 1 amide bonds. The standard InChI is InChI=1S/C12H14N2O5S/c1-6-9-5-8(3-4-10(9)13-11(6)15)20(18,19)14-7(2)12(16)17/h3-7,14H,1-2H3,(H,13,15)(H,16,17)/t6?,7-/m1/s1. The second-order valence-corrected chi connectivity index (χ2v) is 6.36. The van der Waals surface area contributed by atoms with Gasteiger partial charge in [0.1, 0.15) is 6.04 Å². The third-order valence-electron chi connectivity index (χ3n) is 3.15. The Morgan fingerprint density at radius 3 is 2.70 bits per heavy atom. The molecule has 1 unspecified atom stereocenters. The van der Waals surface area contributed by atoms with Crippen molar-refractivity contribution in [3.8, 4) is 0 Å². The van der Waals surface area contributed by atoms with Gasteiger partial charge in [0, 0.05) is 5.69 Å². The Morgan fingerprint density at radius 2 is 2.10 bits per heavy atom. The molecule has 0 aromatic heterocycles. The highest BCUT2D eigenvalue weighted by molar-refractivity contribution is 7.89. The Hall–Kier alpha value is -1.93. The van der Waals surface area contributed by atoms with Crippen molar-refractivity contribution in [1.82, 2.24) is 4.72 Å². The lowest BCUT2D eigenvalue weighted by Gasteiger charge is -2.11. The van der Waals surface area contributed by atoms with Crippen molar-refractivity contribution in [2.45, 2.75) is 30.7 Å². The Morgan fingerprint density at radius 1 is 1.45 bits per heavy atom. The number of nitrogens with one attached hydrogen (secondary N) is 2. The van der Waals surface area contributed by atoms with Gasteiger partial charge in [-0.15, -0.1) is 0 Å². The predicted octanol–water partition coefficient (Wildman–Crippen LogP) is 0.494. The largest absolute Gasteiger partial charge is 0.480 e. The molecule has 20 heavy (non-hydrogen) atoms. The summed E-state index contributed by atoms with van der Waals surface area (Å²) >= 11 is 0. The quantitative estimate of drug-likeness (QED) is 0.749. The molecule has 1 heterocycles. The molecular weight excluding hydrogens is 284 g/mol. The lowest BCUT2D eigenvalue weighted by atomic mass is 10.0. The zero-order valence-corrected chi connectivity index (χ0v) is 11.7. The van der Waals surface area contributed by atoms with E-state index in [1.54, 1.807) is 6.92 Å². The van der Waals surface area contributed by atoms with Gasteiger partial charge in [-0.25, -0.2) is 8.42 Å². The van der Waals surface area contributed by atoms with E-state index in [-0.39, 0.29) is 10.8 Å². The molecule has 2 rings (SSSR count). The highest BCUT2D eigenvalue weighted by Crippen LogP contribution is 2.33. The van der Waals surface area contributed by atoms with Gasteiger partial charge in [-0.1, -0.05) is 0 Å². The summed E-state index contributed by atoms with van der Waals surface area (Å²) in [7, 11) is -3.94. The minimum absolute atomic E-state index is 0.0623. The van der Waals surface area contributed by atoms with Crippen LogP contribution in [-0.4, -0.2) is 31.4 Å². The molecule has 108 valence electrons. The van der Waals surface area contributed by atoms with E-state index in [9.17, 15) is 18.0 Å². The summed E-state index contributed by atoms with van der Waals surface area (Å²) in [6.07, 6.45) is 0. The molecule has 7 nitrogen and oxygen atoms in total. The molecular formula is C12H14N2O5S. The number of hydrogen-bond donors (Lipinski definition) is 3. The molecule has 1 aromatic rings. The first-order valence-electron chi connectivity index (χ1n) is 5.92. The molecule has 0 saturated heterocycles. The van der Waals surface area contributed by atoms with Crippen molar-refractivity contribution in [1.29, 1.82) is 0 Å². The van der Waals surface area contributed by atoms with Gasteiger partial charge in [0.15, 0.2) is 0 Å². The van der Waals surface area contributed by atoms with E-state index >= 15 is 0 Å². The number of benzene rings is 1. The van der Waals surface area contributed by atoms with Crippen molar-refractivity contribution >= 4 is 27.6 Å². The molecule has 0 bridgehead atoms. The molecule has 2 atom stereocenters. The van der Waals surface area contributed by atoms with Crippen LogP contribution in [0.3, 0.4) is 0 Å². The number of carbonyl (C=O) groups is 2. The Bertz CT molecular complexity index is 683. The maximum Gasteiger partial charge on any atom is 0.321 e. The van der Waals surface area contributed by atoms with E-state index in [2.05, 4.69) is 10.0 Å². The number of sulfonamides is 1. The minimum Gasteiger partial charge on any atom is -0.480 e. The molecule has 0 saturated carbocycles. The van der Waals surface area contributed by atoms with Crippen LogP contribution in [0.2, 0.25) is 0 Å². The maximum absolute atomic E-state index is 12.1. The first-order valence-corrected chi connectivity index (χ1v) is 7.40. The highest BCUT2D eigenvalue weighted by Gasteiger charge is 2.29. The van der Waals surface area contributed by atoms with E-state index in [0.717, 1.165) is 0 Å². The summed E-state index contributed by atoms with van der Waals surface area (Å²) in [4.78, 5) is 22.2. The normalized spacial score (nSPS) is 19.3. The third-order valence-corrected chi connectivity index (χ3v) is 4.69. The van der Waals surface area contributed by atoms with Gasteiger partial charge in [-0.2, -0.15) is 4.72 Å². The van der Waals surface area contributed by atoms with E-state index in [4.69, 9.17) is 5.11 Å². The van der Waals surface area contributed by atoms with Crippen molar-refractivity contribution in [3.63, 3.8) is 0 Å². The minimum atomic E-state index is -3.94. The summed E-state index contributed by atoms with van der Waals surface area (Å²) in [6, 6.07) is 2.98. The van der Waals surface area contributed by atoms with E-state index in [1.165, 1.54) is 25.1 Å². The average Bonchev–Trinajstić information content (AvgIpc) is 2.64. The monoisotopic (exact) mass is 298 g/mol. The van der Waals surface area contributed by atoms with Crippen LogP contribution in [0.1, 0.15) is 25.3 Å². The summed E-state index contributed by atoms with van der Waals surface area (Å²) in [5, 5.41) is 11.4. The molecule has 1 aliphatic rings. The number of rotatable bonds is 4. The van der Waals surface area contributed by atoms with Gasteiger partial charge in [0.25, 0.3) is 0 Å². The topological polar surface area (TPSA) is 113 Å². The summed E-state index contributed by atoms with van der Waals surface area (Å²) < 4.78 is 26.2. The van der Waals surface area contributed by atoms with Crippen LogP contribution < -0.4 is 10.0 Å². The smallest absolute Gasteiger partial charge is 0.321 e. The number of anilines is 1. The van der Waals surface area contributed by atoms with Crippen molar-refractivity contribution in [2.24, 2.45) is 0 Å². The second kappa shape index (κ2) is 4.88. The van der Waals surface area contributed by atoms with Crippen molar-refractivity contribution < 1.29 is 23.1 Å². The van der Waals surface area contributed by atoms with Crippen LogP contribution in [-0.2, 0) is 19.6 Å². The number of aliphatic carboxylic acids is 1. The number of fused-ring (bicyclic) bond motifs is 1. The number of carboxylic acid groups (broad SMARTS) is 1. The Labute approximate surface area is 116 Å². The zero-order chi connectivity index (χ0) is 15.1. The lowest BCUT2D eigenvalue weighted by Crippen LogP contribution is -2.38. The van der Waals surface area contributed by atoms with Crippen LogP contribution in [0.15, 0.2) is 23.1 Å². The van der Waals surface area contributed by atoms with E-state index in [0.29, 0.717) is 11.3 Å². The molecule has 0 radical (unpaired) electrons. The Balaban J connectivity index is 2.35. The Kier molecular flexibility index (Phi) is 3.53. The fraction of sp³-hybridized carbons (Fsp3) is 0.333. The molecule has 0 spiro atoms. The van der Waals surface area contributed by atoms with E-state index < -0.39 is 28.0 Å². The van der Waals surface area contributed by atoms with Crippen LogP contribution in [0.25, 0.3) is 0 Å². The SMILES string of the molecule is CC1C(=O)Nc2ccc(S(=O)(=O)N[C@H](C)C(=O)O)cc21. The molecule has 0 fully saturated rings. The van der Waals surface area contributed by atoms with Gasteiger partial charge >= 0.3 is 5.97 Å². The molecule has 8 heteroatoms. The van der Waals surface area contributed by atoms with Crippen LogP contribution >= 0.6 is 0 Å². The van der Waals surface area contributed by atoms with Gasteiger partial charge < -0.3 is 10.4 Å². The predicted molar refractivity (Wildman–Crippen MR) is 70.9 cm³/mol. The van der Waals surface area contributed by atoms with Gasteiger partial charge in [0.2, 0.25) is 15.9 Å². The molecule has 3 N–H and O–H groups in total. The highest BCUT2D eigenvalue weighted by atomic mass is 32.2. The average molecular weight is 298 g/mol. The molecule has 1 aromatic carbocycles. The van der Waals surface area contributed by atoms with Crippen LogP contribution in [0, 0.1) is 0 Å². The summed E-state index contributed by atoms with van der Waals surface area (Å²) in [5.41, 5.74) is 1.16.